The SMILES string of the molecule is O=C(Nc1nc2cc3c(cc2s1)OCCCO3)c1ccc2ccccc2n1. The van der Waals surface area contributed by atoms with Crippen molar-refractivity contribution in [1.29, 1.82) is 0 Å². The van der Waals surface area contributed by atoms with E-state index in [1.54, 1.807) is 6.07 Å². The highest BCUT2D eigenvalue weighted by Crippen LogP contribution is 2.37. The lowest BCUT2D eigenvalue weighted by Gasteiger charge is -2.05. The molecule has 0 saturated heterocycles. The first kappa shape index (κ1) is 16.0. The van der Waals surface area contributed by atoms with Gasteiger partial charge in [-0.15, -0.1) is 0 Å². The number of amides is 1. The van der Waals surface area contributed by atoms with Crippen LogP contribution in [0.2, 0.25) is 0 Å². The Morgan fingerprint density at radius 2 is 1.78 bits per heavy atom. The van der Waals surface area contributed by atoms with Crippen molar-refractivity contribution in [1.82, 2.24) is 9.97 Å². The largest absolute Gasteiger partial charge is 0.490 e. The molecule has 0 aliphatic carbocycles. The van der Waals surface area contributed by atoms with Gasteiger partial charge in [0.25, 0.3) is 5.91 Å². The molecule has 134 valence electrons. The predicted molar refractivity (Wildman–Crippen MR) is 105 cm³/mol. The van der Waals surface area contributed by atoms with E-state index < -0.39 is 0 Å². The summed E-state index contributed by atoms with van der Waals surface area (Å²) >= 11 is 1.40. The maximum Gasteiger partial charge on any atom is 0.276 e. The number of para-hydroxylation sites is 1. The van der Waals surface area contributed by atoms with E-state index in [0.717, 1.165) is 33.3 Å². The van der Waals surface area contributed by atoms with E-state index >= 15 is 0 Å². The molecule has 3 heterocycles. The van der Waals surface area contributed by atoms with Crippen molar-refractivity contribution < 1.29 is 14.3 Å². The van der Waals surface area contributed by atoms with Gasteiger partial charge in [0.1, 0.15) is 5.69 Å². The minimum Gasteiger partial charge on any atom is -0.490 e. The Bertz CT molecular complexity index is 1130. The number of carbonyl (C=O) groups is 1. The lowest BCUT2D eigenvalue weighted by Crippen LogP contribution is -2.13. The van der Waals surface area contributed by atoms with Gasteiger partial charge in [-0.3, -0.25) is 10.1 Å². The Kier molecular flexibility index (Phi) is 3.86. The third kappa shape index (κ3) is 3.06. The molecule has 0 atom stereocenters. The number of hydrogen-bond acceptors (Lipinski definition) is 6. The van der Waals surface area contributed by atoms with Crippen molar-refractivity contribution in [3.63, 3.8) is 0 Å². The number of ether oxygens (including phenoxy) is 2. The van der Waals surface area contributed by atoms with Gasteiger partial charge in [-0.1, -0.05) is 35.6 Å². The van der Waals surface area contributed by atoms with Crippen LogP contribution in [0.15, 0.2) is 48.5 Å². The molecule has 7 heteroatoms. The molecule has 6 nitrogen and oxygen atoms in total. The molecule has 2 aromatic heterocycles. The maximum atomic E-state index is 12.6. The van der Waals surface area contributed by atoms with Crippen molar-refractivity contribution in [2.75, 3.05) is 18.5 Å². The topological polar surface area (TPSA) is 73.3 Å². The summed E-state index contributed by atoms with van der Waals surface area (Å²) < 4.78 is 12.3. The zero-order chi connectivity index (χ0) is 18.2. The Hall–Kier alpha value is -3.19. The Morgan fingerprint density at radius 3 is 2.67 bits per heavy atom. The molecular formula is C20H15N3O3S. The van der Waals surface area contributed by atoms with E-state index in [2.05, 4.69) is 15.3 Å². The van der Waals surface area contributed by atoms with Crippen molar-refractivity contribution in [2.45, 2.75) is 6.42 Å². The molecule has 1 amide bonds. The summed E-state index contributed by atoms with van der Waals surface area (Å²) in [4.78, 5) is 21.5. The molecule has 0 saturated carbocycles. The second kappa shape index (κ2) is 6.51. The van der Waals surface area contributed by atoms with Crippen LogP contribution in [0.3, 0.4) is 0 Å². The molecule has 0 fully saturated rings. The van der Waals surface area contributed by atoms with Gasteiger partial charge < -0.3 is 9.47 Å². The molecule has 0 unspecified atom stereocenters. The van der Waals surface area contributed by atoms with E-state index in [-0.39, 0.29) is 5.91 Å². The van der Waals surface area contributed by atoms with Gasteiger partial charge in [0.05, 0.1) is 28.9 Å². The molecule has 2 aromatic carbocycles. The van der Waals surface area contributed by atoms with Gasteiger partial charge >= 0.3 is 0 Å². The number of hydrogen-bond donors (Lipinski definition) is 1. The van der Waals surface area contributed by atoms with Gasteiger partial charge in [-0.25, -0.2) is 9.97 Å². The molecule has 0 bridgehead atoms. The summed E-state index contributed by atoms with van der Waals surface area (Å²) in [5.74, 6) is 1.13. The molecule has 1 N–H and O–H groups in total. The number of nitrogens with one attached hydrogen (secondary N) is 1. The number of rotatable bonds is 2. The highest BCUT2D eigenvalue weighted by atomic mass is 32.1. The summed E-state index contributed by atoms with van der Waals surface area (Å²) in [6.45, 7) is 1.26. The number of benzene rings is 2. The number of nitrogens with zero attached hydrogens (tertiary/aromatic N) is 2. The summed E-state index contributed by atoms with van der Waals surface area (Å²) in [5.41, 5.74) is 1.91. The highest BCUT2D eigenvalue weighted by Gasteiger charge is 2.16. The Balaban J connectivity index is 1.43. The average Bonchev–Trinajstić information content (AvgIpc) is 2.92. The zero-order valence-electron chi connectivity index (χ0n) is 14.3. The van der Waals surface area contributed by atoms with Crippen LogP contribution in [0.25, 0.3) is 21.1 Å². The molecule has 27 heavy (non-hydrogen) atoms. The fraction of sp³-hybridized carbons (Fsp3) is 0.150. The Morgan fingerprint density at radius 1 is 0.963 bits per heavy atom. The van der Waals surface area contributed by atoms with Crippen molar-refractivity contribution >= 4 is 43.5 Å². The first-order valence-corrected chi connectivity index (χ1v) is 9.45. The lowest BCUT2D eigenvalue weighted by molar-refractivity contribution is 0.102. The van der Waals surface area contributed by atoms with Gasteiger partial charge in [0.2, 0.25) is 0 Å². The normalized spacial score (nSPS) is 13.5. The van der Waals surface area contributed by atoms with Crippen molar-refractivity contribution in [3.05, 3.63) is 54.2 Å². The van der Waals surface area contributed by atoms with Crippen molar-refractivity contribution in [2.24, 2.45) is 0 Å². The van der Waals surface area contributed by atoms with E-state index in [9.17, 15) is 4.79 Å². The third-order valence-corrected chi connectivity index (χ3v) is 5.24. The summed E-state index contributed by atoms with van der Waals surface area (Å²) in [6, 6.07) is 15.1. The van der Waals surface area contributed by atoms with Crippen LogP contribution in [0.4, 0.5) is 5.13 Å². The van der Waals surface area contributed by atoms with Crippen LogP contribution >= 0.6 is 11.3 Å². The van der Waals surface area contributed by atoms with Crippen LogP contribution in [0.5, 0.6) is 11.5 Å². The quantitative estimate of drug-likeness (QED) is 0.565. The second-order valence-electron chi connectivity index (χ2n) is 6.18. The first-order valence-electron chi connectivity index (χ1n) is 8.64. The number of anilines is 1. The number of pyridine rings is 1. The van der Waals surface area contributed by atoms with Crippen LogP contribution < -0.4 is 14.8 Å². The fourth-order valence-corrected chi connectivity index (χ4v) is 3.86. The standard InChI is InChI=1S/C20H15N3O3S/c24-19(14-7-6-12-4-1-2-5-13(12)21-14)23-20-22-15-10-16-17(11-18(15)27-20)26-9-3-8-25-16/h1-2,4-7,10-11H,3,8-9H2,(H,22,23,24). The first-order chi connectivity index (χ1) is 13.3. The van der Waals surface area contributed by atoms with Gasteiger partial charge in [0.15, 0.2) is 16.6 Å². The van der Waals surface area contributed by atoms with Gasteiger partial charge in [-0.05, 0) is 12.1 Å². The number of fused-ring (bicyclic) bond motifs is 3. The highest BCUT2D eigenvalue weighted by molar-refractivity contribution is 7.22. The number of aromatic nitrogens is 2. The maximum absolute atomic E-state index is 12.6. The molecule has 0 radical (unpaired) electrons. The average molecular weight is 377 g/mol. The molecule has 4 aromatic rings. The molecule has 1 aliphatic rings. The minimum atomic E-state index is -0.283. The third-order valence-electron chi connectivity index (χ3n) is 4.31. The van der Waals surface area contributed by atoms with E-state index in [0.29, 0.717) is 29.8 Å². The minimum absolute atomic E-state index is 0.283. The van der Waals surface area contributed by atoms with E-state index in [4.69, 9.17) is 9.47 Å². The number of carbonyl (C=O) groups excluding carboxylic acids is 1. The van der Waals surface area contributed by atoms with Crippen LogP contribution in [0, 0.1) is 0 Å². The number of thiazole rings is 1. The van der Waals surface area contributed by atoms with E-state index in [1.807, 2.05) is 42.5 Å². The summed E-state index contributed by atoms with van der Waals surface area (Å²) in [7, 11) is 0. The summed E-state index contributed by atoms with van der Waals surface area (Å²) in [6.07, 6.45) is 0.857. The van der Waals surface area contributed by atoms with Gasteiger partial charge in [-0.2, -0.15) is 0 Å². The molecular weight excluding hydrogens is 362 g/mol. The molecule has 5 rings (SSSR count). The van der Waals surface area contributed by atoms with Gasteiger partial charge in [0, 0.05) is 23.9 Å². The summed E-state index contributed by atoms with van der Waals surface area (Å²) in [5, 5.41) is 4.35. The van der Waals surface area contributed by atoms with Crippen LogP contribution in [0.1, 0.15) is 16.9 Å². The van der Waals surface area contributed by atoms with Crippen LogP contribution in [-0.4, -0.2) is 29.1 Å². The fourth-order valence-electron chi connectivity index (χ4n) is 2.99. The molecule has 0 spiro atoms. The smallest absolute Gasteiger partial charge is 0.276 e. The predicted octanol–water partition coefficient (Wildman–Crippen LogP) is 4.26. The molecule has 1 aliphatic heterocycles. The van der Waals surface area contributed by atoms with Crippen LogP contribution in [-0.2, 0) is 0 Å². The zero-order valence-corrected chi connectivity index (χ0v) is 15.1. The lowest BCUT2D eigenvalue weighted by atomic mass is 10.2. The van der Waals surface area contributed by atoms with Crippen molar-refractivity contribution in [3.8, 4) is 11.5 Å². The Labute approximate surface area is 158 Å². The monoisotopic (exact) mass is 377 g/mol. The van der Waals surface area contributed by atoms with E-state index in [1.165, 1.54) is 11.3 Å². The second-order valence-corrected chi connectivity index (χ2v) is 7.21.